The predicted octanol–water partition coefficient (Wildman–Crippen LogP) is 0.863. The van der Waals surface area contributed by atoms with Gasteiger partial charge in [-0.2, -0.15) is 5.10 Å². The molecule has 1 aliphatic heterocycles. The lowest BCUT2D eigenvalue weighted by molar-refractivity contribution is 0.0224. The van der Waals surface area contributed by atoms with Gasteiger partial charge in [-0.05, 0) is 33.0 Å². The van der Waals surface area contributed by atoms with Gasteiger partial charge in [0.05, 0.1) is 6.54 Å². The van der Waals surface area contributed by atoms with Crippen LogP contribution in [0.15, 0.2) is 0 Å². The Morgan fingerprint density at radius 2 is 2.24 bits per heavy atom. The molecular weight excluding hydrogens is 292 g/mol. The van der Waals surface area contributed by atoms with Crippen LogP contribution in [0.3, 0.4) is 0 Å². The van der Waals surface area contributed by atoms with E-state index in [0.29, 0.717) is 25.3 Å². The topological polar surface area (TPSA) is 108 Å². The van der Waals surface area contributed by atoms with Crippen LogP contribution in [0.1, 0.15) is 32.0 Å². The number of nitrogens with two attached hydrogens (primary N) is 1. The van der Waals surface area contributed by atoms with Gasteiger partial charge in [0, 0.05) is 24.2 Å². The molecule has 1 aromatic rings. The molecule has 9 heteroatoms. The van der Waals surface area contributed by atoms with Crippen LogP contribution < -0.4 is 16.6 Å². The molecular formula is C12H20N6O2S. The molecule has 1 aromatic heterocycles. The maximum Gasteiger partial charge on any atom is 0.410 e. The molecule has 0 radical (unpaired) electrons. The standard InChI is InChI=1S/C12H20N6O2S/c1-12(2,3)20-11(19)18-5-4-8-7(6-18)9(17-16-8)14-10(21)15-13/h4-6,13H2,1-3H3,(H3,14,15,16,17,21). The van der Waals surface area contributed by atoms with E-state index in [1.54, 1.807) is 4.90 Å². The molecule has 0 saturated heterocycles. The number of anilines is 1. The number of H-pyrrole nitrogens is 1. The lowest BCUT2D eigenvalue weighted by Gasteiger charge is -2.30. The van der Waals surface area contributed by atoms with E-state index in [9.17, 15) is 4.79 Å². The van der Waals surface area contributed by atoms with E-state index in [4.69, 9.17) is 22.8 Å². The number of nitrogens with zero attached hydrogens (tertiary/aromatic N) is 2. The van der Waals surface area contributed by atoms with Crippen LogP contribution in [0.5, 0.6) is 0 Å². The lowest BCUT2D eigenvalue weighted by atomic mass is 10.1. The summed E-state index contributed by atoms with van der Waals surface area (Å²) in [6.07, 6.45) is 0.353. The number of hydrogen-bond acceptors (Lipinski definition) is 5. The Morgan fingerprint density at radius 3 is 2.86 bits per heavy atom. The molecule has 0 aliphatic carbocycles. The summed E-state index contributed by atoms with van der Waals surface area (Å²) in [6.45, 7) is 6.53. The van der Waals surface area contributed by atoms with Gasteiger partial charge in [0.1, 0.15) is 5.60 Å². The molecule has 8 nitrogen and oxygen atoms in total. The van der Waals surface area contributed by atoms with Gasteiger partial charge < -0.3 is 20.4 Å². The average molecular weight is 312 g/mol. The van der Waals surface area contributed by atoms with Gasteiger partial charge in [0.25, 0.3) is 0 Å². The van der Waals surface area contributed by atoms with E-state index in [0.717, 1.165) is 11.3 Å². The molecule has 0 atom stereocenters. The monoisotopic (exact) mass is 312 g/mol. The highest BCUT2D eigenvalue weighted by Crippen LogP contribution is 2.25. The number of aromatic nitrogens is 2. The smallest absolute Gasteiger partial charge is 0.410 e. The molecule has 2 heterocycles. The van der Waals surface area contributed by atoms with E-state index < -0.39 is 5.60 Å². The number of nitrogens with one attached hydrogen (secondary N) is 3. The van der Waals surface area contributed by atoms with Crippen molar-refractivity contribution in [3.63, 3.8) is 0 Å². The fourth-order valence-electron chi connectivity index (χ4n) is 2.02. The van der Waals surface area contributed by atoms with Gasteiger partial charge in [-0.25, -0.2) is 10.6 Å². The number of hydrogen-bond donors (Lipinski definition) is 4. The second-order valence-electron chi connectivity index (χ2n) is 5.78. The summed E-state index contributed by atoms with van der Waals surface area (Å²) in [7, 11) is 0. The van der Waals surface area contributed by atoms with Crippen LogP contribution >= 0.6 is 12.2 Å². The normalized spacial score (nSPS) is 14.4. The summed E-state index contributed by atoms with van der Waals surface area (Å²) >= 11 is 4.95. The molecule has 0 spiro atoms. The van der Waals surface area contributed by atoms with Crippen LogP contribution in [-0.2, 0) is 17.7 Å². The number of rotatable bonds is 1. The number of amides is 1. The van der Waals surface area contributed by atoms with Gasteiger partial charge >= 0.3 is 6.09 Å². The van der Waals surface area contributed by atoms with Crippen LogP contribution in [0, 0.1) is 0 Å². The molecule has 5 N–H and O–H groups in total. The van der Waals surface area contributed by atoms with Crippen molar-refractivity contribution >= 4 is 29.2 Å². The van der Waals surface area contributed by atoms with Crippen molar-refractivity contribution in [2.45, 2.75) is 39.3 Å². The van der Waals surface area contributed by atoms with Gasteiger partial charge in [-0.3, -0.25) is 5.10 Å². The van der Waals surface area contributed by atoms with Crippen molar-refractivity contribution in [2.24, 2.45) is 5.84 Å². The Kier molecular flexibility index (Phi) is 4.33. The number of fused-ring (bicyclic) bond motifs is 1. The SMILES string of the molecule is CC(C)(C)OC(=O)N1CCc2[nH]nc(NC(=S)NN)c2C1. The Morgan fingerprint density at radius 1 is 1.52 bits per heavy atom. The third-order valence-corrected chi connectivity index (χ3v) is 3.17. The fraction of sp³-hybridized carbons (Fsp3) is 0.583. The molecule has 0 saturated carbocycles. The molecule has 0 aromatic carbocycles. The molecule has 0 unspecified atom stereocenters. The highest BCUT2D eigenvalue weighted by Gasteiger charge is 2.28. The lowest BCUT2D eigenvalue weighted by Crippen LogP contribution is -2.40. The van der Waals surface area contributed by atoms with E-state index >= 15 is 0 Å². The number of thiocarbonyl (C=S) groups is 1. The van der Waals surface area contributed by atoms with Crippen LogP contribution in [0.2, 0.25) is 0 Å². The van der Waals surface area contributed by atoms with E-state index in [1.165, 1.54) is 0 Å². The first-order valence-corrected chi connectivity index (χ1v) is 7.02. The van der Waals surface area contributed by atoms with Crippen molar-refractivity contribution in [1.29, 1.82) is 0 Å². The molecule has 1 amide bonds. The molecule has 2 rings (SSSR count). The first-order valence-electron chi connectivity index (χ1n) is 6.62. The van der Waals surface area contributed by atoms with E-state index in [1.807, 2.05) is 20.8 Å². The zero-order valence-corrected chi connectivity index (χ0v) is 13.1. The number of aromatic amines is 1. The minimum atomic E-state index is -0.514. The predicted molar refractivity (Wildman–Crippen MR) is 82.5 cm³/mol. The Balaban J connectivity index is 2.10. The van der Waals surface area contributed by atoms with Crippen LogP contribution in [0.4, 0.5) is 10.6 Å². The summed E-state index contributed by atoms with van der Waals surface area (Å²) in [4.78, 5) is 13.8. The zero-order chi connectivity index (χ0) is 15.6. The second kappa shape index (κ2) is 5.86. The number of hydrazine groups is 1. The maximum atomic E-state index is 12.1. The first kappa shape index (κ1) is 15.5. The minimum Gasteiger partial charge on any atom is -0.444 e. The van der Waals surface area contributed by atoms with Gasteiger partial charge in [0.15, 0.2) is 10.9 Å². The van der Waals surface area contributed by atoms with Gasteiger partial charge in [-0.15, -0.1) is 0 Å². The highest BCUT2D eigenvalue weighted by atomic mass is 32.1. The fourth-order valence-corrected chi connectivity index (χ4v) is 2.12. The van der Waals surface area contributed by atoms with Crippen molar-refractivity contribution in [3.05, 3.63) is 11.3 Å². The largest absolute Gasteiger partial charge is 0.444 e. The minimum absolute atomic E-state index is 0.263. The van der Waals surface area contributed by atoms with Gasteiger partial charge in [-0.1, -0.05) is 0 Å². The molecule has 21 heavy (non-hydrogen) atoms. The second-order valence-corrected chi connectivity index (χ2v) is 6.19. The van der Waals surface area contributed by atoms with E-state index in [-0.39, 0.29) is 11.2 Å². The zero-order valence-electron chi connectivity index (χ0n) is 12.3. The van der Waals surface area contributed by atoms with Gasteiger partial charge in [0.2, 0.25) is 0 Å². The number of carbonyl (C=O) groups excluding carboxylic acids is 1. The molecule has 116 valence electrons. The van der Waals surface area contributed by atoms with Crippen molar-refractivity contribution in [1.82, 2.24) is 20.5 Å². The molecule has 0 bridgehead atoms. The average Bonchev–Trinajstić information content (AvgIpc) is 2.79. The quantitative estimate of drug-likeness (QED) is 0.346. The summed E-state index contributed by atoms with van der Waals surface area (Å²) in [5, 5.41) is 10.2. The first-order chi connectivity index (χ1) is 9.80. The van der Waals surface area contributed by atoms with E-state index in [2.05, 4.69) is 20.9 Å². The third-order valence-electron chi connectivity index (χ3n) is 2.95. The number of ether oxygens (including phenoxy) is 1. The van der Waals surface area contributed by atoms with Crippen LogP contribution in [-0.4, -0.2) is 38.4 Å². The molecule has 1 aliphatic rings. The Bertz CT molecular complexity index is 550. The van der Waals surface area contributed by atoms with Crippen molar-refractivity contribution < 1.29 is 9.53 Å². The van der Waals surface area contributed by atoms with Crippen LogP contribution in [0.25, 0.3) is 0 Å². The maximum absolute atomic E-state index is 12.1. The summed E-state index contributed by atoms with van der Waals surface area (Å²) < 4.78 is 5.39. The van der Waals surface area contributed by atoms with Crippen molar-refractivity contribution in [3.8, 4) is 0 Å². The summed E-state index contributed by atoms with van der Waals surface area (Å²) in [6, 6.07) is 0. The highest BCUT2D eigenvalue weighted by molar-refractivity contribution is 7.80. The Labute approximate surface area is 128 Å². The Hall–Kier alpha value is -1.87. The third kappa shape index (κ3) is 3.82. The number of carbonyl (C=O) groups is 1. The molecule has 0 fully saturated rings. The summed E-state index contributed by atoms with van der Waals surface area (Å²) in [5.74, 6) is 5.80. The summed E-state index contributed by atoms with van der Waals surface area (Å²) in [5.41, 5.74) is 3.70. The van der Waals surface area contributed by atoms with Crippen molar-refractivity contribution in [2.75, 3.05) is 11.9 Å².